The molecule has 1 amide bonds. The lowest BCUT2D eigenvalue weighted by Crippen LogP contribution is -2.42. The SMILES string of the molecule is COCC(=O)N1CCP(=O)(c2cc3c(N[C@H](C)c4cccc(C(F)F)c4F)nc(C)nc3cn2)CC1. The highest BCUT2D eigenvalue weighted by atomic mass is 31.2. The predicted octanol–water partition coefficient (Wildman–Crippen LogP) is 4.06. The van der Waals surface area contributed by atoms with Crippen LogP contribution >= 0.6 is 7.14 Å². The van der Waals surface area contributed by atoms with Crippen molar-refractivity contribution in [2.75, 3.05) is 44.4 Å². The maximum atomic E-state index is 14.7. The fourth-order valence-corrected chi connectivity index (χ4v) is 6.75. The number of nitrogens with one attached hydrogen (secondary N) is 1. The largest absolute Gasteiger partial charge is 0.375 e. The number of benzene rings is 1. The summed E-state index contributed by atoms with van der Waals surface area (Å²) in [5.74, 6) is -0.326. The lowest BCUT2D eigenvalue weighted by Gasteiger charge is -2.32. The van der Waals surface area contributed by atoms with Crippen LogP contribution in [0.25, 0.3) is 10.9 Å². The molecule has 0 aliphatic carbocycles. The molecule has 8 nitrogen and oxygen atoms in total. The quantitative estimate of drug-likeness (QED) is 0.469. The van der Waals surface area contributed by atoms with E-state index in [1.807, 2.05) is 0 Å². The molecule has 0 unspecified atom stereocenters. The van der Waals surface area contributed by atoms with Crippen LogP contribution in [0.2, 0.25) is 0 Å². The van der Waals surface area contributed by atoms with E-state index in [0.717, 1.165) is 6.07 Å². The molecule has 0 spiro atoms. The van der Waals surface area contributed by atoms with Crippen molar-refractivity contribution in [3.63, 3.8) is 0 Å². The van der Waals surface area contributed by atoms with Gasteiger partial charge in [0.25, 0.3) is 6.43 Å². The predicted molar refractivity (Wildman–Crippen MR) is 131 cm³/mol. The Labute approximate surface area is 206 Å². The van der Waals surface area contributed by atoms with Crippen molar-refractivity contribution in [3.8, 4) is 0 Å². The Morgan fingerprint density at radius 2 is 1.92 bits per heavy atom. The van der Waals surface area contributed by atoms with Gasteiger partial charge in [0.15, 0.2) is 0 Å². The van der Waals surface area contributed by atoms with E-state index in [9.17, 15) is 22.5 Å². The Morgan fingerprint density at radius 3 is 2.58 bits per heavy atom. The number of aryl methyl sites for hydroxylation is 1. The van der Waals surface area contributed by atoms with E-state index in [1.54, 1.807) is 24.8 Å². The van der Waals surface area contributed by atoms with Gasteiger partial charge in [-0.3, -0.25) is 9.78 Å². The van der Waals surface area contributed by atoms with E-state index in [0.29, 0.717) is 53.4 Å². The Balaban J connectivity index is 1.64. The number of rotatable bonds is 7. The summed E-state index contributed by atoms with van der Waals surface area (Å²) in [4.78, 5) is 27.0. The molecule has 4 rings (SSSR count). The molecular formula is C24H27F3N5O3P. The van der Waals surface area contributed by atoms with Gasteiger partial charge in [0.1, 0.15) is 36.6 Å². The molecule has 3 aromatic rings. The summed E-state index contributed by atoms with van der Waals surface area (Å²) in [7, 11) is -1.44. The molecule has 0 radical (unpaired) electrons. The highest BCUT2D eigenvalue weighted by molar-refractivity contribution is 7.71. The number of amides is 1. The molecule has 1 N–H and O–H groups in total. The summed E-state index contributed by atoms with van der Waals surface area (Å²) in [6.07, 6.45) is -0.826. The van der Waals surface area contributed by atoms with Crippen LogP contribution in [0.5, 0.6) is 0 Å². The molecule has 1 aliphatic rings. The first kappa shape index (κ1) is 26.0. The summed E-state index contributed by atoms with van der Waals surface area (Å²) in [6.45, 7) is 3.99. The Morgan fingerprint density at radius 1 is 1.22 bits per heavy atom. The summed E-state index contributed by atoms with van der Waals surface area (Å²) >= 11 is 0. The number of alkyl halides is 2. The topological polar surface area (TPSA) is 97.3 Å². The van der Waals surface area contributed by atoms with Gasteiger partial charge in [-0.15, -0.1) is 0 Å². The molecule has 1 fully saturated rings. The number of carbonyl (C=O) groups is 1. The van der Waals surface area contributed by atoms with Crippen molar-refractivity contribution in [2.45, 2.75) is 26.3 Å². The number of nitrogens with zero attached hydrogens (tertiary/aromatic N) is 4. The molecule has 0 saturated carbocycles. The number of hydrogen-bond donors (Lipinski definition) is 1. The zero-order chi connectivity index (χ0) is 26.0. The summed E-state index contributed by atoms with van der Waals surface area (Å²) in [5, 5.41) is 3.65. The van der Waals surface area contributed by atoms with Gasteiger partial charge in [-0.2, -0.15) is 0 Å². The highest BCUT2D eigenvalue weighted by Gasteiger charge is 2.34. The van der Waals surface area contributed by atoms with Crippen LogP contribution in [-0.4, -0.2) is 64.9 Å². The second-order valence-corrected chi connectivity index (χ2v) is 11.9. The van der Waals surface area contributed by atoms with Crippen LogP contribution in [0, 0.1) is 12.7 Å². The fourth-order valence-electron chi connectivity index (χ4n) is 4.31. The van der Waals surface area contributed by atoms with E-state index in [2.05, 4.69) is 20.3 Å². The van der Waals surface area contributed by atoms with Crippen LogP contribution in [-0.2, 0) is 14.1 Å². The summed E-state index contributed by atoms with van der Waals surface area (Å²) in [5.41, 5.74) is 0.323. The van der Waals surface area contributed by atoms with Gasteiger partial charge < -0.3 is 19.5 Å². The maximum Gasteiger partial charge on any atom is 0.266 e. The van der Waals surface area contributed by atoms with Crippen LogP contribution in [0.1, 0.15) is 36.3 Å². The zero-order valence-corrected chi connectivity index (χ0v) is 21.1. The molecule has 1 aromatic carbocycles. The van der Waals surface area contributed by atoms with E-state index in [-0.39, 0.29) is 18.1 Å². The van der Waals surface area contributed by atoms with Crippen molar-refractivity contribution in [3.05, 3.63) is 53.2 Å². The normalized spacial score (nSPS) is 16.4. The highest BCUT2D eigenvalue weighted by Crippen LogP contribution is 2.46. The number of methoxy groups -OCH3 is 1. The number of anilines is 1. The third-order valence-corrected chi connectivity index (χ3v) is 9.22. The molecule has 0 bridgehead atoms. The van der Waals surface area contributed by atoms with E-state index in [1.165, 1.54) is 25.4 Å². The van der Waals surface area contributed by atoms with E-state index < -0.39 is 31.0 Å². The van der Waals surface area contributed by atoms with Crippen LogP contribution < -0.4 is 10.8 Å². The molecule has 3 heterocycles. The number of hydrogen-bond acceptors (Lipinski definition) is 7. The number of halogens is 3. The summed E-state index contributed by atoms with van der Waals surface area (Å²) in [6, 6.07) is 4.87. The number of aromatic nitrogens is 3. The molecule has 192 valence electrons. The number of carbonyl (C=O) groups excluding carboxylic acids is 1. The van der Waals surface area contributed by atoms with Gasteiger partial charge >= 0.3 is 0 Å². The van der Waals surface area contributed by atoms with Gasteiger partial charge in [-0.25, -0.2) is 23.1 Å². The van der Waals surface area contributed by atoms with Gasteiger partial charge in [-0.05, 0) is 19.9 Å². The first-order valence-electron chi connectivity index (χ1n) is 11.5. The number of fused-ring (bicyclic) bond motifs is 1. The second-order valence-electron chi connectivity index (χ2n) is 8.75. The number of ether oxygens (including phenoxy) is 1. The minimum atomic E-state index is -2.93. The first-order chi connectivity index (χ1) is 17.1. The molecule has 1 aliphatic heterocycles. The molecule has 2 aromatic heterocycles. The monoisotopic (exact) mass is 521 g/mol. The minimum Gasteiger partial charge on any atom is -0.375 e. The Hall–Kier alpha value is -3.04. The zero-order valence-electron chi connectivity index (χ0n) is 20.2. The van der Waals surface area contributed by atoms with Crippen molar-refractivity contribution in [1.29, 1.82) is 0 Å². The lowest BCUT2D eigenvalue weighted by atomic mass is 10.0. The summed E-state index contributed by atoms with van der Waals surface area (Å²) < 4.78 is 59.7. The van der Waals surface area contributed by atoms with Crippen LogP contribution in [0.15, 0.2) is 30.5 Å². The van der Waals surface area contributed by atoms with Gasteiger partial charge in [0.2, 0.25) is 5.91 Å². The van der Waals surface area contributed by atoms with Gasteiger partial charge in [0, 0.05) is 43.5 Å². The van der Waals surface area contributed by atoms with Crippen LogP contribution in [0.3, 0.4) is 0 Å². The molecule has 12 heteroatoms. The maximum absolute atomic E-state index is 14.7. The molecule has 1 atom stereocenters. The average molecular weight is 521 g/mol. The molecule has 36 heavy (non-hydrogen) atoms. The Kier molecular flexibility index (Phi) is 7.61. The third kappa shape index (κ3) is 5.22. The molecule has 1 saturated heterocycles. The third-order valence-electron chi connectivity index (χ3n) is 6.29. The van der Waals surface area contributed by atoms with E-state index >= 15 is 0 Å². The molecular weight excluding hydrogens is 494 g/mol. The van der Waals surface area contributed by atoms with Crippen molar-refractivity contribution < 1.29 is 27.3 Å². The average Bonchev–Trinajstić information content (AvgIpc) is 2.84. The Bertz CT molecular complexity index is 1330. The van der Waals surface area contributed by atoms with Crippen molar-refractivity contribution >= 4 is 35.2 Å². The van der Waals surface area contributed by atoms with E-state index in [4.69, 9.17) is 4.74 Å². The second kappa shape index (κ2) is 10.5. The smallest absolute Gasteiger partial charge is 0.266 e. The standard InChI is InChI=1S/C24H27F3N5O3P/c1-14(16-5-4-6-17(22(16)25)23(26)27)29-24-18-11-20(28-12-19(18)30-15(2)31-24)36(34)9-7-32(8-10-36)21(33)13-35-3/h4-6,11-12,14,23H,7-10,13H2,1-3H3,(H,29,30,31)/t14-/m1/s1. The minimum absolute atomic E-state index is 0.0246. The lowest BCUT2D eigenvalue weighted by molar-refractivity contribution is -0.134. The first-order valence-corrected chi connectivity index (χ1v) is 13.5. The van der Waals surface area contributed by atoms with Crippen molar-refractivity contribution in [2.24, 2.45) is 0 Å². The fraction of sp³-hybridized carbons (Fsp3) is 0.417. The van der Waals surface area contributed by atoms with Crippen molar-refractivity contribution in [1.82, 2.24) is 19.9 Å². The van der Waals surface area contributed by atoms with Crippen LogP contribution in [0.4, 0.5) is 19.0 Å². The van der Waals surface area contributed by atoms with Gasteiger partial charge in [-0.1, -0.05) is 18.2 Å². The van der Waals surface area contributed by atoms with Gasteiger partial charge in [0.05, 0.1) is 23.3 Å². The number of pyridine rings is 1.